The second-order valence-corrected chi connectivity index (χ2v) is 4.95. The van der Waals surface area contributed by atoms with E-state index in [1.165, 1.54) is 5.69 Å². The molecule has 0 aliphatic heterocycles. The molecule has 0 spiro atoms. The van der Waals surface area contributed by atoms with Crippen LogP contribution in [-0.4, -0.2) is 12.0 Å². The summed E-state index contributed by atoms with van der Waals surface area (Å²) in [4.78, 5) is 6.87. The van der Waals surface area contributed by atoms with Crippen molar-refractivity contribution in [3.8, 4) is 0 Å². The first-order valence-corrected chi connectivity index (χ1v) is 6.64. The van der Waals surface area contributed by atoms with E-state index in [-0.39, 0.29) is 0 Å². The highest BCUT2D eigenvalue weighted by Crippen LogP contribution is 2.18. The molecule has 0 bridgehead atoms. The van der Waals surface area contributed by atoms with Crippen molar-refractivity contribution >= 4 is 22.3 Å². The fourth-order valence-electron chi connectivity index (χ4n) is 2.29. The minimum atomic E-state index is 0.772. The lowest BCUT2D eigenvalue weighted by Gasteiger charge is -2.18. The van der Waals surface area contributed by atoms with Crippen LogP contribution in [0.3, 0.4) is 0 Å². The zero-order valence-electron chi connectivity index (χ0n) is 11.5. The molecule has 100 valence electrons. The zero-order valence-corrected chi connectivity index (χ0v) is 11.5. The van der Waals surface area contributed by atoms with Crippen LogP contribution in [0.2, 0.25) is 0 Å². The summed E-state index contributed by atoms with van der Waals surface area (Å²) in [6.45, 7) is 0.782. The van der Waals surface area contributed by atoms with E-state index in [0.717, 1.165) is 28.8 Å². The molecular formula is C17H17N3. The van der Waals surface area contributed by atoms with E-state index in [2.05, 4.69) is 41.2 Å². The van der Waals surface area contributed by atoms with Gasteiger partial charge in [0.25, 0.3) is 0 Å². The van der Waals surface area contributed by atoms with Gasteiger partial charge >= 0.3 is 0 Å². The van der Waals surface area contributed by atoms with Gasteiger partial charge in [-0.15, -0.1) is 0 Å². The van der Waals surface area contributed by atoms with E-state index < -0.39 is 0 Å². The second-order valence-electron chi connectivity index (χ2n) is 4.95. The monoisotopic (exact) mass is 263 g/mol. The molecule has 0 unspecified atom stereocenters. The van der Waals surface area contributed by atoms with Crippen LogP contribution >= 0.6 is 0 Å². The maximum atomic E-state index is 5.78. The minimum Gasteiger partial charge on any atom is -0.399 e. The lowest BCUT2D eigenvalue weighted by Crippen LogP contribution is -2.16. The van der Waals surface area contributed by atoms with E-state index in [9.17, 15) is 0 Å². The average molecular weight is 263 g/mol. The molecule has 0 fully saturated rings. The largest absolute Gasteiger partial charge is 0.399 e. The summed E-state index contributed by atoms with van der Waals surface area (Å²) in [5.74, 6) is 0. The van der Waals surface area contributed by atoms with Crippen molar-refractivity contribution in [1.82, 2.24) is 4.98 Å². The van der Waals surface area contributed by atoms with Crippen molar-refractivity contribution < 1.29 is 0 Å². The number of anilines is 2. The third-order valence-corrected chi connectivity index (χ3v) is 3.37. The van der Waals surface area contributed by atoms with Crippen LogP contribution in [0.4, 0.5) is 11.4 Å². The van der Waals surface area contributed by atoms with Crippen molar-refractivity contribution in [1.29, 1.82) is 0 Å². The van der Waals surface area contributed by atoms with Gasteiger partial charge < -0.3 is 10.6 Å². The lowest BCUT2D eigenvalue weighted by atomic mass is 10.2. The van der Waals surface area contributed by atoms with Gasteiger partial charge in [0.05, 0.1) is 17.8 Å². The van der Waals surface area contributed by atoms with E-state index in [4.69, 9.17) is 5.73 Å². The van der Waals surface area contributed by atoms with Crippen molar-refractivity contribution in [3.63, 3.8) is 0 Å². The number of nitrogens with two attached hydrogens (primary N) is 1. The highest BCUT2D eigenvalue weighted by Gasteiger charge is 2.04. The SMILES string of the molecule is CN(Cc1ccc2cc(N)ccc2n1)c1ccccc1. The van der Waals surface area contributed by atoms with Crippen LogP contribution in [0.25, 0.3) is 10.9 Å². The number of fused-ring (bicyclic) bond motifs is 1. The maximum absolute atomic E-state index is 5.78. The molecule has 3 aromatic rings. The molecule has 0 saturated carbocycles. The summed E-state index contributed by atoms with van der Waals surface area (Å²) in [6.07, 6.45) is 0. The van der Waals surface area contributed by atoms with E-state index in [1.54, 1.807) is 0 Å². The molecule has 3 rings (SSSR count). The summed E-state index contributed by atoms with van der Waals surface area (Å²) < 4.78 is 0. The Hall–Kier alpha value is -2.55. The van der Waals surface area contributed by atoms with Gasteiger partial charge in [-0.25, -0.2) is 0 Å². The number of rotatable bonds is 3. The molecule has 2 aromatic carbocycles. The van der Waals surface area contributed by atoms with Gasteiger partial charge in [0.15, 0.2) is 0 Å². The first-order chi connectivity index (χ1) is 9.72. The normalized spacial score (nSPS) is 10.7. The predicted octanol–water partition coefficient (Wildman–Crippen LogP) is 3.45. The topological polar surface area (TPSA) is 42.1 Å². The number of aromatic nitrogens is 1. The molecule has 0 radical (unpaired) electrons. The molecule has 0 aliphatic carbocycles. The highest BCUT2D eigenvalue weighted by molar-refractivity contribution is 5.82. The Morgan fingerprint density at radius 1 is 1.00 bits per heavy atom. The molecule has 3 heteroatoms. The molecule has 20 heavy (non-hydrogen) atoms. The van der Waals surface area contributed by atoms with Gasteiger partial charge in [0.2, 0.25) is 0 Å². The summed E-state index contributed by atoms with van der Waals surface area (Å²) in [7, 11) is 2.07. The molecule has 0 saturated heterocycles. The Bertz CT molecular complexity index is 723. The van der Waals surface area contributed by atoms with Crippen molar-refractivity contribution in [2.75, 3.05) is 17.7 Å². The quantitative estimate of drug-likeness (QED) is 0.736. The Kier molecular flexibility index (Phi) is 3.25. The fraction of sp³-hybridized carbons (Fsp3) is 0.118. The second kappa shape index (κ2) is 5.21. The van der Waals surface area contributed by atoms with Gasteiger partial charge in [-0.2, -0.15) is 0 Å². The summed E-state index contributed by atoms with van der Waals surface area (Å²) >= 11 is 0. The van der Waals surface area contributed by atoms with Crippen LogP contribution in [0.1, 0.15) is 5.69 Å². The Morgan fingerprint density at radius 2 is 1.80 bits per heavy atom. The van der Waals surface area contributed by atoms with Gasteiger partial charge in [0.1, 0.15) is 0 Å². The van der Waals surface area contributed by atoms with Crippen LogP contribution in [0.15, 0.2) is 60.7 Å². The number of nitrogens with zero attached hydrogens (tertiary/aromatic N) is 2. The summed E-state index contributed by atoms with van der Waals surface area (Å²) in [6, 6.07) is 20.3. The van der Waals surface area contributed by atoms with Crippen molar-refractivity contribution in [2.45, 2.75) is 6.54 Å². The standard InChI is InChI=1S/C17H17N3/c1-20(16-5-3-2-4-6-16)12-15-9-7-13-11-14(18)8-10-17(13)19-15/h2-11H,12,18H2,1H3. The van der Waals surface area contributed by atoms with Crippen molar-refractivity contribution in [3.05, 3.63) is 66.4 Å². The number of para-hydroxylation sites is 1. The lowest BCUT2D eigenvalue weighted by molar-refractivity contribution is 0.892. The number of hydrogen-bond donors (Lipinski definition) is 1. The van der Waals surface area contributed by atoms with Gasteiger partial charge in [-0.1, -0.05) is 24.3 Å². The van der Waals surface area contributed by atoms with Crippen LogP contribution in [-0.2, 0) is 6.54 Å². The first kappa shape index (κ1) is 12.5. The Labute approximate surface area is 118 Å². The van der Waals surface area contributed by atoms with Gasteiger partial charge in [-0.05, 0) is 36.4 Å². The summed E-state index contributed by atoms with van der Waals surface area (Å²) in [5, 5.41) is 1.08. The van der Waals surface area contributed by atoms with E-state index in [0.29, 0.717) is 0 Å². The number of benzene rings is 2. The maximum Gasteiger partial charge on any atom is 0.0707 e. The fourth-order valence-corrected chi connectivity index (χ4v) is 2.29. The van der Waals surface area contributed by atoms with E-state index >= 15 is 0 Å². The number of nitrogen functional groups attached to an aromatic ring is 1. The molecule has 2 N–H and O–H groups in total. The number of pyridine rings is 1. The first-order valence-electron chi connectivity index (χ1n) is 6.64. The molecule has 0 aliphatic rings. The van der Waals surface area contributed by atoms with Crippen molar-refractivity contribution in [2.24, 2.45) is 0 Å². The van der Waals surface area contributed by atoms with E-state index in [1.807, 2.05) is 36.4 Å². The molecule has 1 heterocycles. The molecule has 1 aromatic heterocycles. The Balaban J connectivity index is 1.86. The molecular weight excluding hydrogens is 246 g/mol. The number of hydrogen-bond acceptors (Lipinski definition) is 3. The van der Waals surface area contributed by atoms with Gasteiger partial charge in [0, 0.05) is 23.8 Å². The molecule has 0 atom stereocenters. The van der Waals surface area contributed by atoms with Crippen LogP contribution in [0.5, 0.6) is 0 Å². The Morgan fingerprint density at radius 3 is 2.60 bits per heavy atom. The molecule has 3 nitrogen and oxygen atoms in total. The third kappa shape index (κ3) is 2.57. The molecule has 0 amide bonds. The van der Waals surface area contributed by atoms with Crippen LogP contribution < -0.4 is 10.6 Å². The van der Waals surface area contributed by atoms with Crippen LogP contribution in [0, 0.1) is 0 Å². The summed E-state index contributed by atoms with van der Waals surface area (Å²) in [5.41, 5.74) is 9.78. The predicted molar refractivity (Wildman–Crippen MR) is 84.7 cm³/mol. The third-order valence-electron chi connectivity index (χ3n) is 3.37. The average Bonchev–Trinajstić information content (AvgIpc) is 2.48. The highest BCUT2D eigenvalue weighted by atomic mass is 15.1. The zero-order chi connectivity index (χ0) is 13.9. The minimum absolute atomic E-state index is 0.772. The smallest absolute Gasteiger partial charge is 0.0707 e. The van der Waals surface area contributed by atoms with Gasteiger partial charge in [-0.3, -0.25) is 4.98 Å².